The number of hydrogen-bond donors (Lipinski definition) is 2. The van der Waals surface area contributed by atoms with E-state index < -0.39 is 0 Å². The molecule has 2 fully saturated rings. The molecule has 3 atom stereocenters. The Bertz CT molecular complexity index is 267. The summed E-state index contributed by atoms with van der Waals surface area (Å²) in [5.41, 5.74) is 6.33. The van der Waals surface area contributed by atoms with Crippen molar-refractivity contribution in [2.75, 3.05) is 32.8 Å². The molecule has 1 aliphatic heterocycles. The van der Waals surface area contributed by atoms with Crippen LogP contribution < -0.4 is 5.73 Å². The summed E-state index contributed by atoms with van der Waals surface area (Å²) >= 11 is 0. The quantitative estimate of drug-likeness (QED) is 0.778. The van der Waals surface area contributed by atoms with Gasteiger partial charge in [-0.2, -0.15) is 0 Å². The third-order valence-corrected chi connectivity index (χ3v) is 5.20. The van der Waals surface area contributed by atoms with E-state index in [1.165, 1.54) is 32.2 Å². The molecule has 118 valence electrons. The summed E-state index contributed by atoms with van der Waals surface area (Å²) in [5.74, 6) is 1.58. The Hall–Kier alpha value is -0.160. The molecular formula is C16H32N2O2. The lowest BCUT2D eigenvalue weighted by molar-refractivity contribution is -0.0120. The van der Waals surface area contributed by atoms with E-state index in [9.17, 15) is 0 Å². The molecule has 2 rings (SSSR count). The molecule has 0 amide bonds. The van der Waals surface area contributed by atoms with Crippen LogP contribution in [0, 0.1) is 11.8 Å². The number of likely N-dealkylation sites (tertiary alicyclic amines) is 1. The highest BCUT2D eigenvalue weighted by Crippen LogP contribution is 2.31. The summed E-state index contributed by atoms with van der Waals surface area (Å²) in [6, 6.07) is 0.404. The van der Waals surface area contributed by atoms with Crippen molar-refractivity contribution in [3.05, 3.63) is 0 Å². The molecule has 20 heavy (non-hydrogen) atoms. The maximum Gasteiger partial charge on any atom is 0.0701 e. The van der Waals surface area contributed by atoms with Crippen molar-refractivity contribution in [3.8, 4) is 0 Å². The number of hydrogen-bond acceptors (Lipinski definition) is 4. The highest BCUT2D eigenvalue weighted by atomic mass is 16.5. The van der Waals surface area contributed by atoms with Gasteiger partial charge in [0, 0.05) is 25.7 Å². The van der Waals surface area contributed by atoms with Crippen molar-refractivity contribution in [2.45, 2.75) is 57.6 Å². The van der Waals surface area contributed by atoms with Crippen LogP contribution in [-0.4, -0.2) is 55.0 Å². The van der Waals surface area contributed by atoms with Crippen molar-refractivity contribution in [1.82, 2.24) is 4.90 Å². The summed E-state index contributed by atoms with van der Waals surface area (Å²) in [4.78, 5) is 2.57. The molecule has 0 aromatic heterocycles. The maximum atomic E-state index is 8.79. The summed E-state index contributed by atoms with van der Waals surface area (Å²) in [6.45, 7) is 6.34. The molecule has 2 aliphatic rings. The van der Waals surface area contributed by atoms with Crippen molar-refractivity contribution < 1.29 is 9.84 Å². The predicted octanol–water partition coefficient (Wildman–Crippen LogP) is 1.61. The van der Waals surface area contributed by atoms with Crippen LogP contribution in [0.1, 0.15) is 45.4 Å². The molecule has 0 spiro atoms. The lowest BCUT2D eigenvalue weighted by atomic mass is 9.77. The van der Waals surface area contributed by atoms with Crippen molar-refractivity contribution in [1.29, 1.82) is 0 Å². The lowest BCUT2D eigenvalue weighted by Gasteiger charge is -2.39. The molecule has 1 aliphatic carbocycles. The second-order valence-corrected chi connectivity index (χ2v) is 6.61. The van der Waals surface area contributed by atoms with Gasteiger partial charge in [0.15, 0.2) is 0 Å². The Balaban J connectivity index is 1.71. The molecule has 0 aromatic carbocycles. The van der Waals surface area contributed by atoms with Gasteiger partial charge in [-0.1, -0.05) is 13.3 Å². The second kappa shape index (κ2) is 8.32. The van der Waals surface area contributed by atoms with Crippen LogP contribution >= 0.6 is 0 Å². The van der Waals surface area contributed by atoms with Gasteiger partial charge >= 0.3 is 0 Å². The SMILES string of the molecule is CCC1CCC(N)C(CN2CCC(OCCO)CC2)C1. The largest absolute Gasteiger partial charge is 0.394 e. The molecule has 0 radical (unpaired) electrons. The first kappa shape index (κ1) is 16.2. The second-order valence-electron chi connectivity index (χ2n) is 6.61. The Morgan fingerprint density at radius 2 is 1.95 bits per heavy atom. The van der Waals surface area contributed by atoms with E-state index in [0.29, 0.717) is 24.7 Å². The van der Waals surface area contributed by atoms with Crippen LogP contribution in [0.15, 0.2) is 0 Å². The van der Waals surface area contributed by atoms with E-state index in [1.807, 2.05) is 0 Å². The molecule has 0 aromatic rings. The fraction of sp³-hybridized carbons (Fsp3) is 1.00. The first-order valence-corrected chi connectivity index (χ1v) is 8.43. The lowest BCUT2D eigenvalue weighted by Crippen LogP contribution is -2.46. The molecule has 1 saturated carbocycles. The molecule has 1 heterocycles. The van der Waals surface area contributed by atoms with Crippen LogP contribution in [0.5, 0.6) is 0 Å². The Kier molecular flexibility index (Phi) is 6.75. The molecule has 4 nitrogen and oxygen atoms in total. The third kappa shape index (κ3) is 4.69. The fourth-order valence-electron chi connectivity index (χ4n) is 3.77. The highest BCUT2D eigenvalue weighted by Gasteiger charge is 2.30. The highest BCUT2D eigenvalue weighted by molar-refractivity contribution is 4.85. The predicted molar refractivity (Wildman–Crippen MR) is 81.6 cm³/mol. The van der Waals surface area contributed by atoms with Crippen molar-refractivity contribution in [2.24, 2.45) is 17.6 Å². The zero-order valence-corrected chi connectivity index (χ0v) is 13.0. The average Bonchev–Trinajstić information content (AvgIpc) is 2.49. The normalized spacial score (nSPS) is 33.5. The molecule has 4 heteroatoms. The average molecular weight is 284 g/mol. The van der Waals surface area contributed by atoms with E-state index in [1.54, 1.807) is 0 Å². The Morgan fingerprint density at radius 1 is 1.20 bits per heavy atom. The van der Waals surface area contributed by atoms with E-state index >= 15 is 0 Å². The van der Waals surface area contributed by atoms with Gasteiger partial charge in [0.1, 0.15) is 0 Å². The third-order valence-electron chi connectivity index (χ3n) is 5.20. The molecule has 0 bridgehead atoms. The zero-order valence-electron chi connectivity index (χ0n) is 13.0. The smallest absolute Gasteiger partial charge is 0.0701 e. The van der Waals surface area contributed by atoms with Crippen LogP contribution in [0.4, 0.5) is 0 Å². The monoisotopic (exact) mass is 284 g/mol. The maximum absolute atomic E-state index is 8.79. The number of ether oxygens (including phenoxy) is 1. The molecule has 3 N–H and O–H groups in total. The minimum atomic E-state index is 0.134. The molecular weight excluding hydrogens is 252 g/mol. The standard InChI is InChI=1S/C16H32N2O2/c1-2-13-3-4-16(17)14(11-13)12-18-7-5-15(6-8-18)20-10-9-19/h13-16,19H,2-12,17H2,1H3. The minimum absolute atomic E-state index is 0.134. The molecule has 1 saturated heterocycles. The van der Waals surface area contributed by atoms with Crippen molar-refractivity contribution >= 4 is 0 Å². The van der Waals surface area contributed by atoms with Crippen LogP contribution in [0.2, 0.25) is 0 Å². The summed E-state index contributed by atoms with van der Waals surface area (Å²) in [6.07, 6.45) is 7.70. The minimum Gasteiger partial charge on any atom is -0.394 e. The van der Waals surface area contributed by atoms with Gasteiger partial charge in [-0.25, -0.2) is 0 Å². The Labute approximate surface area is 123 Å². The topological polar surface area (TPSA) is 58.7 Å². The van der Waals surface area contributed by atoms with Gasteiger partial charge in [-0.05, 0) is 43.9 Å². The zero-order chi connectivity index (χ0) is 14.4. The first-order chi connectivity index (χ1) is 9.72. The van der Waals surface area contributed by atoms with Gasteiger partial charge in [0.25, 0.3) is 0 Å². The van der Waals surface area contributed by atoms with Crippen LogP contribution in [0.25, 0.3) is 0 Å². The van der Waals surface area contributed by atoms with Gasteiger partial charge in [-0.3, -0.25) is 0 Å². The molecule has 3 unspecified atom stereocenters. The summed E-state index contributed by atoms with van der Waals surface area (Å²) < 4.78 is 5.62. The van der Waals surface area contributed by atoms with Crippen LogP contribution in [-0.2, 0) is 4.74 Å². The first-order valence-electron chi connectivity index (χ1n) is 8.43. The fourth-order valence-corrected chi connectivity index (χ4v) is 3.77. The number of piperidine rings is 1. The number of nitrogens with two attached hydrogens (primary N) is 1. The number of aliphatic hydroxyl groups is 1. The van der Waals surface area contributed by atoms with Gasteiger partial charge in [0.05, 0.1) is 19.3 Å². The van der Waals surface area contributed by atoms with Gasteiger partial charge < -0.3 is 20.5 Å². The van der Waals surface area contributed by atoms with E-state index in [2.05, 4.69) is 11.8 Å². The summed E-state index contributed by atoms with van der Waals surface area (Å²) in [5, 5.41) is 8.79. The number of nitrogens with zero attached hydrogens (tertiary/aromatic N) is 1. The summed E-state index contributed by atoms with van der Waals surface area (Å²) in [7, 11) is 0. The van der Waals surface area contributed by atoms with E-state index in [4.69, 9.17) is 15.6 Å². The van der Waals surface area contributed by atoms with Crippen LogP contribution in [0.3, 0.4) is 0 Å². The van der Waals surface area contributed by atoms with Gasteiger partial charge in [0.2, 0.25) is 0 Å². The van der Waals surface area contributed by atoms with Crippen molar-refractivity contribution in [3.63, 3.8) is 0 Å². The van der Waals surface area contributed by atoms with E-state index in [0.717, 1.165) is 31.8 Å². The number of rotatable bonds is 6. The Morgan fingerprint density at radius 3 is 2.60 bits per heavy atom. The van der Waals surface area contributed by atoms with E-state index in [-0.39, 0.29) is 6.61 Å². The van der Waals surface area contributed by atoms with Gasteiger partial charge in [-0.15, -0.1) is 0 Å². The number of aliphatic hydroxyl groups excluding tert-OH is 1.